The van der Waals surface area contributed by atoms with Gasteiger partial charge in [-0.2, -0.15) is 0 Å². The molecular weight excluding hydrogens is 340 g/mol. The fraction of sp³-hybridized carbons (Fsp3) is 0.519. The fourth-order valence-corrected chi connectivity index (χ4v) is 4.48. The predicted molar refractivity (Wildman–Crippen MR) is 124 cm³/mol. The van der Waals surface area contributed by atoms with E-state index in [4.69, 9.17) is 0 Å². The quantitative estimate of drug-likeness (QED) is 0.525. The highest BCUT2D eigenvalue weighted by molar-refractivity contribution is 5.90. The molecule has 0 heterocycles. The largest absolute Gasteiger partial charge is 0.299 e. The Morgan fingerprint density at radius 3 is 2.61 bits per heavy atom. The molecule has 28 heavy (non-hydrogen) atoms. The van der Waals surface area contributed by atoms with Crippen molar-refractivity contribution in [2.75, 3.05) is 0 Å². The fourth-order valence-electron chi connectivity index (χ4n) is 4.48. The number of Topliss-reactive ketones (excluding diaryl/α,β-unsaturated/α-hetero) is 1. The molecular formula is C27H40O. The third-order valence-corrected chi connectivity index (χ3v) is 6.18. The molecule has 4 unspecified atom stereocenters. The molecule has 1 aromatic rings. The monoisotopic (exact) mass is 380 g/mol. The first-order chi connectivity index (χ1) is 13.6. The van der Waals surface area contributed by atoms with Gasteiger partial charge in [0.15, 0.2) is 0 Å². The van der Waals surface area contributed by atoms with Crippen LogP contribution in [0.2, 0.25) is 0 Å². The van der Waals surface area contributed by atoms with Crippen molar-refractivity contribution >= 4 is 11.9 Å². The van der Waals surface area contributed by atoms with Crippen LogP contribution < -0.4 is 0 Å². The Hall–Kier alpha value is -1.89. The number of ketones is 1. The molecule has 0 amide bonds. The molecule has 0 saturated heterocycles. The van der Waals surface area contributed by atoms with E-state index >= 15 is 0 Å². The van der Waals surface area contributed by atoms with Crippen LogP contribution in [0.4, 0.5) is 0 Å². The summed E-state index contributed by atoms with van der Waals surface area (Å²) in [6, 6.07) is 6.46. The second-order valence-electron chi connectivity index (χ2n) is 7.72. The number of allylic oxidation sites excluding steroid dienone is 5. The zero-order valence-corrected chi connectivity index (χ0v) is 18.7. The number of aryl methyl sites for hydroxylation is 1. The van der Waals surface area contributed by atoms with Gasteiger partial charge in [0.25, 0.3) is 0 Å². The highest BCUT2D eigenvalue weighted by Crippen LogP contribution is 2.49. The van der Waals surface area contributed by atoms with Gasteiger partial charge >= 0.3 is 0 Å². The summed E-state index contributed by atoms with van der Waals surface area (Å²) in [5.74, 6) is 2.01. The van der Waals surface area contributed by atoms with E-state index in [1.165, 1.54) is 28.7 Å². The first-order valence-corrected chi connectivity index (χ1v) is 11.3. The third kappa shape index (κ3) is 4.93. The van der Waals surface area contributed by atoms with Crippen LogP contribution in [0.3, 0.4) is 0 Å². The molecule has 0 aliphatic heterocycles. The van der Waals surface area contributed by atoms with Crippen molar-refractivity contribution in [1.29, 1.82) is 0 Å². The van der Waals surface area contributed by atoms with Gasteiger partial charge in [0.2, 0.25) is 0 Å². The van der Waals surface area contributed by atoms with Crippen molar-refractivity contribution in [3.63, 3.8) is 0 Å². The normalized spacial score (nSPS) is 25.2. The molecule has 0 spiro atoms. The van der Waals surface area contributed by atoms with Crippen LogP contribution in [0.1, 0.15) is 72.0 Å². The number of carbonyl (C=O) groups is 1. The van der Waals surface area contributed by atoms with Crippen LogP contribution in [0.5, 0.6) is 0 Å². The maximum absolute atomic E-state index is 13.0. The van der Waals surface area contributed by atoms with Crippen LogP contribution in [0, 0.1) is 30.6 Å². The highest BCUT2D eigenvalue weighted by Gasteiger charge is 2.47. The van der Waals surface area contributed by atoms with Crippen LogP contribution in [-0.2, 0) is 11.2 Å². The SMILES string of the molecule is CC.CC.Cc1cccc2c1CC(C(C)C(=O)C1CC1C1C=CC=CCC1)=C2.[HH]. The van der Waals surface area contributed by atoms with Gasteiger partial charge in [-0.15, -0.1) is 0 Å². The molecule has 1 fully saturated rings. The Balaban J connectivity index is 0.000000794. The summed E-state index contributed by atoms with van der Waals surface area (Å²) < 4.78 is 0. The molecule has 0 bridgehead atoms. The van der Waals surface area contributed by atoms with Crippen LogP contribution >= 0.6 is 0 Å². The molecule has 0 aromatic heterocycles. The Kier molecular flexibility index (Phi) is 8.48. The summed E-state index contributed by atoms with van der Waals surface area (Å²) in [5, 5.41) is 0. The average Bonchev–Trinajstić information content (AvgIpc) is 3.47. The lowest BCUT2D eigenvalue weighted by Crippen LogP contribution is -2.18. The molecule has 4 atom stereocenters. The Bertz CT molecular complexity index is 756. The summed E-state index contributed by atoms with van der Waals surface area (Å²) >= 11 is 0. The average molecular weight is 381 g/mol. The van der Waals surface area contributed by atoms with Crippen LogP contribution in [-0.4, -0.2) is 5.78 Å². The lowest BCUT2D eigenvalue weighted by atomic mass is 9.89. The van der Waals surface area contributed by atoms with E-state index in [9.17, 15) is 4.79 Å². The molecule has 0 N–H and O–H groups in total. The van der Waals surface area contributed by atoms with E-state index in [1.807, 2.05) is 27.7 Å². The number of hydrogen-bond acceptors (Lipinski definition) is 1. The Morgan fingerprint density at radius 1 is 1.14 bits per heavy atom. The number of rotatable bonds is 4. The molecule has 1 nitrogen and oxygen atoms in total. The van der Waals surface area contributed by atoms with Gasteiger partial charge in [-0.3, -0.25) is 4.79 Å². The van der Waals surface area contributed by atoms with Crippen LogP contribution in [0.15, 0.2) is 48.1 Å². The lowest BCUT2D eigenvalue weighted by molar-refractivity contribution is -0.123. The van der Waals surface area contributed by atoms with Gasteiger partial charge in [0, 0.05) is 13.3 Å². The van der Waals surface area contributed by atoms with E-state index in [0.717, 1.165) is 19.3 Å². The summed E-state index contributed by atoms with van der Waals surface area (Å²) in [6.07, 6.45) is 15.5. The van der Waals surface area contributed by atoms with Crippen molar-refractivity contribution in [1.82, 2.24) is 0 Å². The minimum atomic E-state index is 0. The minimum Gasteiger partial charge on any atom is -0.299 e. The summed E-state index contributed by atoms with van der Waals surface area (Å²) in [5.41, 5.74) is 5.39. The third-order valence-electron chi connectivity index (χ3n) is 6.18. The topological polar surface area (TPSA) is 17.1 Å². The molecule has 1 aromatic carbocycles. The minimum absolute atomic E-state index is 0. The Labute approximate surface area is 174 Å². The van der Waals surface area contributed by atoms with Crippen molar-refractivity contribution < 1.29 is 6.22 Å². The number of carbonyl (C=O) groups excluding carboxylic acids is 1. The molecule has 1 saturated carbocycles. The van der Waals surface area contributed by atoms with Crippen molar-refractivity contribution in [3.05, 3.63) is 64.8 Å². The van der Waals surface area contributed by atoms with Gasteiger partial charge in [-0.05, 0) is 61.1 Å². The van der Waals surface area contributed by atoms with Crippen molar-refractivity contribution in [3.8, 4) is 0 Å². The molecule has 3 aliphatic rings. The summed E-state index contributed by atoms with van der Waals surface area (Å²) in [7, 11) is 0. The molecule has 0 radical (unpaired) electrons. The maximum Gasteiger partial charge on any atom is 0.143 e. The van der Waals surface area contributed by atoms with Gasteiger partial charge < -0.3 is 0 Å². The molecule has 3 aliphatic carbocycles. The number of benzene rings is 1. The standard InChI is InChI=1S/C23H26O.2C2H6.H2/c1-15-8-7-11-18-12-19(13-20(15)18)16(2)23(24)22-14-21(22)17-9-5-3-4-6-10-17;2*1-2;/h3-5,7-9,11-12,16-17,21-22H,6,10,13-14H2,1-2H3;2*1-2H3;1H. The van der Waals surface area contributed by atoms with E-state index in [-0.39, 0.29) is 7.34 Å². The van der Waals surface area contributed by atoms with Crippen molar-refractivity contribution in [2.24, 2.45) is 23.7 Å². The molecule has 4 rings (SSSR count). The zero-order chi connectivity index (χ0) is 20.7. The number of fused-ring (bicyclic) bond motifs is 1. The molecule has 154 valence electrons. The maximum atomic E-state index is 13.0. The smallest absolute Gasteiger partial charge is 0.143 e. The molecule has 1 heteroatoms. The number of hydrogen-bond donors (Lipinski definition) is 0. The highest BCUT2D eigenvalue weighted by atomic mass is 16.1. The lowest BCUT2D eigenvalue weighted by Gasteiger charge is -2.14. The zero-order valence-electron chi connectivity index (χ0n) is 18.7. The second kappa shape index (κ2) is 10.6. The second-order valence-corrected chi connectivity index (χ2v) is 7.72. The van der Waals surface area contributed by atoms with E-state index < -0.39 is 0 Å². The first kappa shape index (κ1) is 22.4. The van der Waals surface area contributed by atoms with Crippen LogP contribution in [0.25, 0.3) is 6.08 Å². The van der Waals surface area contributed by atoms with Gasteiger partial charge in [-0.1, -0.05) is 88.8 Å². The summed E-state index contributed by atoms with van der Waals surface area (Å²) in [6.45, 7) is 12.3. The van der Waals surface area contributed by atoms with E-state index in [2.05, 4.69) is 62.4 Å². The van der Waals surface area contributed by atoms with E-state index in [0.29, 0.717) is 23.5 Å². The summed E-state index contributed by atoms with van der Waals surface area (Å²) in [4.78, 5) is 13.0. The Morgan fingerprint density at radius 2 is 1.89 bits per heavy atom. The van der Waals surface area contributed by atoms with Gasteiger partial charge in [-0.25, -0.2) is 0 Å². The van der Waals surface area contributed by atoms with E-state index in [1.54, 1.807) is 0 Å². The van der Waals surface area contributed by atoms with Gasteiger partial charge in [0.1, 0.15) is 5.78 Å². The predicted octanol–water partition coefficient (Wildman–Crippen LogP) is 7.60. The first-order valence-electron chi connectivity index (χ1n) is 11.3. The van der Waals surface area contributed by atoms with Gasteiger partial charge in [0.05, 0.1) is 0 Å². The van der Waals surface area contributed by atoms with Crippen molar-refractivity contribution in [2.45, 2.75) is 67.2 Å².